The molecule has 0 radical (unpaired) electrons. The fourth-order valence-electron chi connectivity index (χ4n) is 2.96. The predicted molar refractivity (Wildman–Crippen MR) is 117 cm³/mol. The molecule has 7 nitrogen and oxygen atoms in total. The molecule has 1 aromatic heterocycles. The van der Waals surface area contributed by atoms with Crippen LogP contribution in [0, 0.1) is 6.92 Å². The number of aliphatic imine (C=N–C) groups is 1. The summed E-state index contributed by atoms with van der Waals surface area (Å²) in [5.74, 6) is 0.728. The summed E-state index contributed by atoms with van der Waals surface area (Å²) in [6.45, 7) is 4.11. The molecule has 0 amide bonds. The Balaban J connectivity index is 1.68. The third-order valence-electron chi connectivity index (χ3n) is 4.65. The minimum Gasteiger partial charge on any atom is -0.356 e. The van der Waals surface area contributed by atoms with Gasteiger partial charge >= 0.3 is 0 Å². The zero-order chi connectivity index (χ0) is 21.3. The van der Waals surface area contributed by atoms with Gasteiger partial charge in [0.1, 0.15) is 0 Å². The lowest BCUT2D eigenvalue weighted by molar-refractivity contribution is 0.575. The molecule has 0 unspecified atom stereocenters. The Morgan fingerprint density at radius 2 is 1.72 bits per heavy atom. The fraction of sp³-hybridized carbons (Fsp3) is 0.429. The van der Waals surface area contributed by atoms with Crippen LogP contribution in [-0.4, -0.2) is 45.3 Å². The molecular formula is C21H30N4O3S. The van der Waals surface area contributed by atoms with E-state index in [-0.39, 0.29) is 5.56 Å². The van der Waals surface area contributed by atoms with E-state index in [4.69, 9.17) is 0 Å². The number of aryl methyl sites for hydroxylation is 1. The second-order valence-corrected chi connectivity index (χ2v) is 8.97. The van der Waals surface area contributed by atoms with Crippen LogP contribution in [0.25, 0.3) is 0 Å². The molecule has 0 aliphatic carbocycles. The number of benzene rings is 1. The number of guanidine groups is 1. The van der Waals surface area contributed by atoms with Crippen molar-refractivity contribution in [2.24, 2.45) is 4.99 Å². The number of unbranched alkanes of at least 4 members (excludes halogenated alkanes) is 1. The Hall–Kier alpha value is -2.61. The smallest absolute Gasteiger partial charge is 0.250 e. The normalized spacial score (nSPS) is 12.0. The van der Waals surface area contributed by atoms with E-state index in [1.54, 1.807) is 35.9 Å². The van der Waals surface area contributed by atoms with E-state index in [0.717, 1.165) is 43.0 Å². The first kappa shape index (κ1) is 22.7. The number of nitrogens with one attached hydrogen (secondary N) is 2. The summed E-state index contributed by atoms with van der Waals surface area (Å²) in [4.78, 5) is 16.4. The maximum atomic E-state index is 11.8. The first-order valence-corrected chi connectivity index (χ1v) is 11.6. The Morgan fingerprint density at radius 3 is 2.34 bits per heavy atom. The molecule has 0 aliphatic heterocycles. The van der Waals surface area contributed by atoms with Crippen molar-refractivity contribution in [1.82, 2.24) is 15.2 Å². The zero-order valence-electron chi connectivity index (χ0n) is 17.3. The number of hydrogen-bond donors (Lipinski definition) is 2. The summed E-state index contributed by atoms with van der Waals surface area (Å²) in [7, 11) is -1.43. The van der Waals surface area contributed by atoms with Crippen molar-refractivity contribution in [3.05, 3.63) is 64.1 Å². The van der Waals surface area contributed by atoms with E-state index in [9.17, 15) is 13.2 Å². The zero-order valence-corrected chi connectivity index (χ0v) is 18.1. The monoisotopic (exact) mass is 418 g/mol. The molecule has 2 rings (SSSR count). The van der Waals surface area contributed by atoms with Gasteiger partial charge in [-0.05, 0) is 49.9 Å². The highest BCUT2D eigenvalue weighted by molar-refractivity contribution is 7.90. The summed E-state index contributed by atoms with van der Waals surface area (Å²) < 4.78 is 24.8. The molecule has 1 heterocycles. The van der Waals surface area contributed by atoms with E-state index in [1.165, 1.54) is 6.26 Å². The van der Waals surface area contributed by atoms with E-state index in [1.807, 2.05) is 25.1 Å². The van der Waals surface area contributed by atoms with Crippen LogP contribution in [0.5, 0.6) is 0 Å². The van der Waals surface area contributed by atoms with E-state index < -0.39 is 9.84 Å². The van der Waals surface area contributed by atoms with Gasteiger partial charge in [-0.25, -0.2) is 8.42 Å². The molecule has 0 saturated heterocycles. The Kier molecular flexibility index (Phi) is 8.45. The molecule has 29 heavy (non-hydrogen) atoms. The van der Waals surface area contributed by atoms with Crippen LogP contribution in [0.15, 0.2) is 57.1 Å². The van der Waals surface area contributed by atoms with Gasteiger partial charge in [-0.15, -0.1) is 0 Å². The van der Waals surface area contributed by atoms with Gasteiger partial charge in [0, 0.05) is 44.7 Å². The highest BCUT2D eigenvalue weighted by atomic mass is 32.2. The third kappa shape index (κ3) is 7.38. The molecule has 1 aromatic carbocycles. The van der Waals surface area contributed by atoms with Gasteiger partial charge in [-0.1, -0.05) is 18.2 Å². The van der Waals surface area contributed by atoms with Crippen LogP contribution in [-0.2, 0) is 22.8 Å². The number of pyridine rings is 1. The summed E-state index contributed by atoms with van der Waals surface area (Å²) >= 11 is 0. The lowest BCUT2D eigenvalue weighted by Gasteiger charge is -2.13. The number of aromatic nitrogens is 1. The molecule has 158 valence electrons. The largest absolute Gasteiger partial charge is 0.356 e. The van der Waals surface area contributed by atoms with E-state index in [0.29, 0.717) is 18.0 Å². The quantitative estimate of drug-likeness (QED) is 0.368. The van der Waals surface area contributed by atoms with Crippen LogP contribution in [0.1, 0.15) is 24.1 Å². The van der Waals surface area contributed by atoms with Gasteiger partial charge in [-0.3, -0.25) is 9.79 Å². The molecule has 8 heteroatoms. The Morgan fingerprint density at radius 1 is 1.03 bits per heavy atom. The lowest BCUT2D eigenvalue weighted by atomic mass is 10.1. The molecule has 0 atom stereocenters. The van der Waals surface area contributed by atoms with Crippen molar-refractivity contribution in [2.45, 2.75) is 37.6 Å². The van der Waals surface area contributed by atoms with Gasteiger partial charge < -0.3 is 15.2 Å². The second-order valence-electron chi connectivity index (χ2n) is 6.96. The van der Waals surface area contributed by atoms with Crippen molar-refractivity contribution >= 4 is 15.8 Å². The molecule has 0 bridgehead atoms. The minimum absolute atomic E-state index is 0.0417. The summed E-state index contributed by atoms with van der Waals surface area (Å²) in [5.41, 5.74) is 2.08. The topological polar surface area (TPSA) is 92.6 Å². The molecular weight excluding hydrogens is 388 g/mol. The third-order valence-corrected chi connectivity index (χ3v) is 5.78. The Labute approximate surface area is 172 Å². The van der Waals surface area contributed by atoms with Crippen LogP contribution < -0.4 is 16.2 Å². The van der Waals surface area contributed by atoms with E-state index in [2.05, 4.69) is 15.6 Å². The van der Waals surface area contributed by atoms with Gasteiger partial charge in [0.15, 0.2) is 15.8 Å². The predicted octanol–water partition coefficient (Wildman–Crippen LogP) is 1.75. The van der Waals surface area contributed by atoms with Crippen LogP contribution >= 0.6 is 0 Å². The number of nitrogens with zero attached hydrogens (tertiary/aromatic N) is 2. The number of sulfone groups is 1. The molecule has 0 fully saturated rings. The molecule has 0 aliphatic rings. The summed E-state index contributed by atoms with van der Waals surface area (Å²) in [5, 5.41) is 6.53. The Bertz CT molecular complexity index is 980. The van der Waals surface area contributed by atoms with Crippen LogP contribution in [0.2, 0.25) is 0 Å². The van der Waals surface area contributed by atoms with Crippen molar-refractivity contribution in [1.29, 1.82) is 0 Å². The van der Waals surface area contributed by atoms with E-state index >= 15 is 0 Å². The lowest BCUT2D eigenvalue weighted by Crippen LogP contribution is -2.38. The highest BCUT2D eigenvalue weighted by Crippen LogP contribution is 2.10. The maximum absolute atomic E-state index is 11.8. The van der Waals surface area contributed by atoms with Gasteiger partial charge in [0.05, 0.1) is 4.90 Å². The van der Waals surface area contributed by atoms with Crippen LogP contribution in [0.4, 0.5) is 0 Å². The average Bonchev–Trinajstić information content (AvgIpc) is 2.68. The maximum Gasteiger partial charge on any atom is 0.250 e. The van der Waals surface area contributed by atoms with Gasteiger partial charge in [0.2, 0.25) is 0 Å². The first-order valence-electron chi connectivity index (χ1n) is 9.71. The van der Waals surface area contributed by atoms with Gasteiger partial charge in [0.25, 0.3) is 5.56 Å². The number of hydrogen-bond acceptors (Lipinski definition) is 4. The van der Waals surface area contributed by atoms with Crippen molar-refractivity contribution in [3.8, 4) is 0 Å². The second kappa shape index (κ2) is 10.8. The standard InChI is InChI=1S/C21H30N4O3S/c1-17-7-6-8-20(26)25(17)16-5-4-14-23-21(22-2)24-15-13-18-9-11-19(12-10-18)29(3,27)28/h6-12H,4-5,13-16H2,1-3H3,(H2,22,23,24). The molecule has 0 saturated carbocycles. The molecule has 2 aromatic rings. The first-order chi connectivity index (χ1) is 13.8. The van der Waals surface area contributed by atoms with Crippen molar-refractivity contribution in [3.63, 3.8) is 0 Å². The molecule has 0 spiro atoms. The minimum atomic E-state index is -3.16. The van der Waals surface area contributed by atoms with Gasteiger partial charge in [-0.2, -0.15) is 0 Å². The van der Waals surface area contributed by atoms with Crippen LogP contribution in [0.3, 0.4) is 0 Å². The molecule has 2 N–H and O–H groups in total. The fourth-order valence-corrected chi connectivity index (χ4v) is 3.59. The number of rotatable bonds is 9. The van der Waals surface area contributed by atoms with Crippen molar-refractivity contribution in [2.75, 3.05) is 26.4 Å². The highest BCUT2D eigenvalue weighted by Gasteiger charge is 2.06. The SMILES string of the molecule is CN=C(NCCCCn1c(C)cccc1=O)NCCc1ccc(S(C)(=O)=O)cc1. The summed E-state index contributed by atoms with van der Waals surface area (Å²) in [6.07, 6.45) is 3.80. The average molecular weight is 419 g/mol. The summed E-state index contributed by atoms with van der Waals surface area (Å²) in [6, 6.07) is 12.3. The van der Waals surface area contributed by atoms with Crippen molar-refractivity contribution < 1.29 is 8.42 Å².